The number of rotatable bonds is 11. The number of nitrogens with two attached hydrogens (primary N) is 1. The van der Waals surface area contributed by atoms with Crippen LogP contribution in [-0.4, -0.2) is 67.4 Å². The van der Waals surface area contributed by atoms with E-state index in [0.29, 0.717) is 54.0 Å². The highest BCUT2D eigenvalue weighted by Crippen LogP contribution is 2.44. The van der Waals surface area contributed by atoms with Crippen LogP contribution in [0.25, 0.3) is 16.6 Å². The largest absolute Gasteiger partial charge is 0.485 e. The molecule has 11 nitrogen and oxygen atoms in total. The van der Waals surface area contributed by atoms with E-state index < -0.39 is 34.7 Å². The van der Waals surface area contributed by atoms with E-state index in [-0.39, 0.29) is 46.5 Å². The molecule has 2 fully saturated rings. The van der Waals surface area contributed by atoms with E-state index >= 15 is 0 Å². The lowest BCUT2D eigenvalue weighted by molar-refractivity contribution is 0.0822. The Bertz CT molecular complexity index is 2190. The number of nitrogens with one attached hydrogen (secondary N) is 2. The molecule has 1 aliphatic heterocycles. The summed E-state index contributed by atoms with van der Waals surface area (Å²) in [5.41, 5.74) is 9.37. The number of sulfonamides is 1. The third-order valence-electron chi connectivity index (χ3n) is 9.29. The minimum absolute atomic E-state index is 0.0879. The van der Waals surface area contributed by atoms with Gasteiger partial charge in [-0.15, -0.1) is 0 Å². The number of ketones is 1. The highest BCUT2D eigenvalue weighted by Gasteiger charge is 2.42. The minimum atomic E-state index is -3.32. The van der Waals surface area contributed by atoms with Gasteiger partial charge in [0.15, 0.2) is 11.6 Å². The maximum absolute atomic E-state index is 14.1. The number of benzene rings is 3. The van der Waals surface area contributed by atoms with Crippen LogP contribution in [0.15, 0.2) is 66.9 Å². The van der Waals surface area contributed by atoms with Gasteiger partial charge in [-0.3, -0.25) is 4.79 Å². The Morgan fingerprint density at radius 2 is 1.80 bits per heavy atom. The number of para-hydroxylation sites is 1. The minimum Gasteiger partial charge on any atom is -0.485 e. The van der Waals surface area contributed by atoms with Crippen molar-refractivity contribution in [1.82, 2.24) is 19.5 Å². The van der Waals surface area contributed by atoms with Crippen LogP contribution in [-0.2, 0) is 10.0 Å². The number of carbonyl (C=O) groups excluding carboxylic acids is 1. The van der Waals surface area contributed by atoms with Crippen LogP contribution in [0.2, 0.25) is 0 Å². The molecule has 0 bridgehead atoms. The van der Waals surface area contributed by atoms with Crippen LogP contribution in [0.3, 0.4) is 0 Å². The van der Waals surface area contributed by atoms with E-state index in [1.165, 1.54) is 23.0 Å². The summed E-state index contributed by atoms with van der Waals surface area (Å²) >= 11 is 0. The van der Waals surface area contributed by atoms with Crippen molar-refractivity contribution in [3.05, 3.63) is 89.5 Å². The number of aromatic nitrogens is 3. The third-order valence-corrected chi connectivity index (χ3v) is 10.1. The lowest BCUT2D eigenvalue weighted by atomic mass is 10.0. The average molecular weight is 709 g/mol. The van der Waals surface area contributed by atoms with Crippen molar-refractivity contribution in [3.8, 4) is 22.9 Å². The van der Waals surface area contributed by atoms with E-state index in [0.717, 1.165) is 11.8 Å². The summed E-state index contributed by atoms with van der Waals surface area (Å²) in [5.74, 6) is 0.429. The Hall–Kier alpha value is -5.02. The molecule has 7 rings (SSSR count). The smallest absolute Gasteiger partial charge is 0.272 e. The number of H-pyrrole nitrogens is 1. The number of ether oxygens (including phenoxy) is 2. The molecule has 3 aromatic carbocycles. The second kappa shape index (κ2) is 13.0. The number of aryl methyl sites for hydroxylation is 1. The van der Waals surface area contributed by atoms with Crippen molar-refractivity contribution >= 4 is 38.2 Å². The SMILES string of the molecule is Cc1cc(Oc2ccccc2F)ccc1-n1ncc(C(=O)c2cc3cc(OCC(F)F)c(N4CC5C[C@@H](NS(C)(=O)=O)C[C@H]5C4)cc3[nH]2)c1N. The average Bonchev–Trinajstić information content (AvgIpc) is 3.82. The van der Waals surface area contributed by atoms with Crippen LogP contribution >= 0.6 is 0 Å². The van der Waals surface area contributed by atoms with Crippen molar-refractivity contribution in [3.63, 3.8) is 0 Å². The van der Waals surface area contributed by atoms with Crippen molar-refractivity contribution in [2.24, 2.45) is 11.8 Å². The van der Waals surface area contributed by atoms with Gasteiger partial charge < -0.3 is 25.1 Å². The van der Waals surface area contributed by atoms with Crippen LogP contribution in [0.5, 0.6) is 17.2 Å². The fraction of sp³-hybridized carbons (Fsp3) is 0.314. The van der Waals surface area contributed by atoms with Gasteiger partial charge in [-0.2, -0.15) is 5.10 Å². The number of fused-ring (bicyclic) bond motifs is 2. The molecule has 3 heterocycles. The monoisotopic (exact) mass is 708 g/mol. The number of hydrogen-bond donors (Lipinski definition) is 3. The van der Waals surface area contributed by atoms with Crippen molar-refractivity contribution < 1.29 is 35.9 Å². The maximum atomic E-state index is 14.1. The number of halogens is 3. The summed E-state index contributed by atoms with van der Waals surface area (Å²) in [6.45, 7) is 2.25. The Balaban J connectivity index is 1.13. The highest BCUT2D eigenvalue weighted by atomic mass is 32.2. The zero-order valence-corrected chi connectivity index (χ0v) is 28.0. The van der Waals surface area contributed by atoms with Gasteiger partial charge in [0, 0.05) is 30.0 Å². The van der Waals surface area contributed by atoms with Crippen LogP contribution in [0.4, 0.5) is 24.7 Å². The van der Waals surface area contributed by atoms with Crippen LogP contribution in [0.1, 0.15) is 34.5 Å². The number of alkyl halides is 2. The molecule has 1 unspecified atom stereocenters. The Morgan fingerprint density at radius 1 is 1.06 bits per heavy atom. The number of anilines is 2. The molecule has 262 valence electrons. The molecule has 15 heteroatoms. The molecule has 0 radical (unpaired) electrons. The van der Waals surface area contributed by atoms with Gasteiger partial charge in [0.2, 0.25) is 15.8 Å². The molecule has 1 aliphatic carbocycles. The van der Waals surface area contributed by atoms with Crippen molar-refractivity contribution in [1.29, 1.82) is 0 Å². The van der Waals surface area contributed by atoms with Gasteiger partial charge in [0.05, 0.1) is 35.1 Å². The zero-order valence-electron chi connectivity index (χ0n) is 27.2. The molecular weight excluding hydrogens is 673 g/mol. The van der Waals surface area contributed by atoms with Crippen molar-refractivity contribution in [2.75, 3.05) is 36.6 Å². The lowest BCUT2D eigenvalue weighted by Crippen LogP contribution is -2.34. The molecule has 0 spiro atoms. The third kappa shape index (κ3) is 6.74. The lowest BCUT2D eigenvalue weighted by Gasteiger charge is -2.24. The van der Waals surface area contributed by atoms with Crippen molar-refractivity contribution in [2.45, 2.75) is 32.2 Å². The molecule has 4 N–H and O–H groups in total. The van der Waals surface area contributed by atoms with Gasteiger partial charge in [0.1, 0.15) is 23.9 Å². The first-order valence-electron chi connectivity index (χ1n) is 16.0. The Morgan fingerprint density at radius 3 is 2.48 bits per heavy atom. The maximum Gasteiger partial charge on any atom is 0.272 e. The Kier molecular flexibility index (Phi) is 8.72. The summed E-state index contributed by atoms with van der Waals surface area (Å²) in [5, 5.41) is 4.96. The molecule has 50 heavy (non-hydrogen) atoms. The summed E-state index contributed by atoms with van der Waals surface area (Å²) in [7, 11) is -3.32. The van der Waals surface area contributed by atoms with E-state index in [9.17, 15) is 26.4 Å². The summed E-state index contributed by atoms with van der Waals surface area (Å²) in [6, 6.07) is 16.1. The highest BCUT2D eigenvalue weighted by molar-refractivity contribution is 7.88. The molecule has 1 saturated heterocycles. The van der Waals surface area contributed by atoms with E-state index in [4.69, 9.17) is 15.2 Å². The van der Waals surface area contributed by atoms with E-state index in [2.05, 4.69) is 19.7 Å². The summed E-state index contributed by atoms with van der Waals surface area (Å²) in [4.78, 5) is 19.0. The van der Waals surface area contributed by atoms with Crippen LogP contribution in [0, 0.1) is 24.6 Å². The predicted molar refractivity (Wildman–Crippen MR) is 183 cm³/mol. The summed E-state index contributed by atoms with van der Waals surface area (Å²) in [6.07, 6.45) is 1.22. The molecule has 2 aliphatic rings. The summed E-state index contributed by atoms with van der Waals surface area (Å²) < 4.78 is 79.4. The first kappa shape index (κ1) is 33.5. The standard InChI is InChI=1S/C35H35F3N6O5S/c1-19-9-24(49-31-6-4-3-5-26(31)36)7-8-29(19)44-35(39)25(15-40-44)34(45)28-12-20-13-32(48-18-33(37)38)30(14-27(20)41-28)43-16-21-10-23(11-22(21)17-43)42-50(2,46)47/h3-9,12-15,21-23,33,41-42H,10-11,16-18,39H2,1-2H3/t21-,22?,23-/m0/s1. The van der Waals surface area contributed by atoms with Crippen LogP contribution < -0.4 is 24.8 Å². The zero-order chi connectivity index (χ0) is 35.3. The number of hydrogen-bond acceptors (Lipinski definition) is 8. The fourth-order valence-electron chi connectivity index (χ4n) is 7.14. The van der Waals surface area contributed by atoms with Gasteiger partial charge in [0.25, 0.3) is 6.43 Å². The number of nitrogen functional groups attached to an aromatic ring is 1. The molecule has 5 aromatic rings. The van der Waals surface area contributed by atoms with Gasteiger partial charge >= 0.3 is 0 Å². The molecular formula is C35H35F3N6O5S. The normalized spacial score (nSPS) is 19.0. The topological polar surface area (TPSA) is 145 Å². The first-order chi connectivity index (χ1) is 23.8. The number of carbonyl (C=O) groups is 1. The molecule has 2 aromatic heterocycles. The van der Waals surface area contributed by atoms with E-state index in [1.54, 1.807) is 48.5 Å². The molecule has 0 amide bonds. The Labute approximate surface area is 286 Å². The molecule has 1 saturated carbocycles. The number of aromatic amines is 1. The second-order valence-corrected chi connectivity index (χ2v) is 14.7. The van der Waals surface area contributed by atoms with E-state index in [1.807, 2.05) is 6.92 Å². The number of nitrogens with zero attached hydrogens (tertiary/aromatic N) is 3. The van der Waals surface area contributed by atoms with Gasteiger partial charge in [-0.05, 0) is 85.7 Å². The van der Waals surface area contributed by atoms with Gasteiger partial charge in [-0.25, -0.2) is 31.0 Å². The predicted octanol–water partition coefficient (Wildman–Crippen LogP) is 5.81. The molecule has 3 atom stereocenters. The first-order valence-corrected chi connectivity index (χ1v) is 17.9. The quantitative estimate of drug-likeness (QED) is 0.146. The van der Waals surface area contributed by atoms with Gasteiger partial charge in [-0.1, -0.05) is 12.1 Å². The fourth-order valence-corrected chi connectivity index (χ4v) is 7.93. The second-order valence-electron chi connectivity index (χ2n) is 12.9.